The number of nitrogens with two attached hydrogens (primary N) is 2. The summed E-state index contributed by atoms with van der Waals surface area (Å²) in [6, 6.07) is 12.0. The molecule has 0 aliphatic rings. The van der Waals surface area contributed by atoms with Crippen LogP contribution in [-0.2, 0) is 22.6 Å². The van der Waals surface area contributed by atoms with Gasteiger partial charge in [-0.2, -0.15) is 5.10 Å². The Hall–Kier alpha value is -4.45. The van der Waals surface area contributed by atoms with Gasteiger partial charge in [-0.3, -0.25) is 10.1 Å². The highest BCUT2D eigenvalue weighted by molar-refractivity contribution is 5.97. The number of benzene rings is 2. The van der Waals surface area contributed by atoms with Gasteiger partial charge < -0.3 is 26.0 Å². The van der Waals surface area contributed by atoms with E-state index in [1.165, 1.54) is 20.5 Å². The monoisotopic (exact) mass is 525 g/mol. The summed E-state index contributed by atoms with van der Waals surface area (Å²) in [6.45, 7) is 4.32. The number of nitrogens with zero attached hydrogens (tertiary/aromatic N) is 4. The Labute approximate surface area is 221 Å². The zero-order valence-corrected chi connectivity index (χ0v) is 22.0. The van der Waals surface area contributed by atoms with Crippen molar-refractivity contribution in [1.29, 1.82) is 0 Å². The van der Waals surface area contributed by atoms with Crippen LogP contribution in [0.4, 0.5) is 0 Å². The predicted octanol–water partition coefficient (Wildman–Crippen LogP) is 1.90. The molecular formula is C26H35N7O5. The number of carbonyl (C=O) groups is 2. The molecule has 12 nitrogen and oxygen atoms in total. The second kappa shape index (κ2) is 15.0. The Kier molecular flexibility index (Phi) is 11.7. The average Bonchev–Trinajstić information content (AvgIpc) is 3.43. The first-order valence-electron chi connectivity index (χ1n) is 11.9. The van der Waals surface area contributed by atoms with Gasteiger partial charge in [0.05, 0.1) is 26.3 Å². The molecule has 0 aliphatic heterocycles. The summed E-state index contributed by atoms with van der Waals surface area (Å²) in [5.41, 5.74) is 14.0. The highest BCUT2D eigenvalue weighted by Crippen LogP contribution is 2.27. The van der Waals surface area contributed by atoms with Crippen LogP contribution in [0.1, 0.15) is 31.4 Å². The number of rotatable bonds is 10. The van der Waals surface area contributed by atoms with Gasteiger partial charge in [-0.05, 0) is 47.7 Å². The first kappa shape index (κ1) is 29.8. The van der Waals surface area contributed by atoms with Gasteiger partial charge >= 0.3 is 5.97 Å². The summed E-state index contributed by atoms with van der Waals surface area (Å²) in [7, 11) is 3.03. The highest BCUT2D eigenvalue weighted by Gasteiger charge is 2.19. The predicted molar refractivity (Wildman–Crippen MR) is 143 cm³/mol. The number of hydrogen-bond acceptors (Lipinski definition) is 8. The fourth-order valence-corrected chi connectivity index (χ4v) is 3.39. The summed E-state index contributed by atoms with van der Waals surface area (Å²) in [4.78, 5) is 31.0. The lowest BCUT2D eigenvalue weighted by Gasteiger charge is -2.12. The zero-order valence-electron chi connectivity index (χ0n) is 22.0. The lowest BCUT2D eigenvalue weighted by atomic mass is 10.0. The van der Waals surface area contributed by atoms with Crippen LogP contribution in [0.2, 0.25) is 0 Å². The van der Waals surface area contributed by atoms with Crippen LogP contribution in [0.3, 0.4) is 0 Å². The van der Waals surface area contributed by atoms with Crippen molar-refractivity contribution in [3.8, 4) is 17.2 Å². The first-order valence-corrected chi connectivity index (χ1v) is 11.9. The SMILES string of the molecule is COc1ccc(CC(=O)NC(N)=N[C@H](CC(C)C)C(=O)O)cc1OC.NCc1cccc(-n2cncn2)c1. The molecule has 6 N–H and O–H groups in total. The molecule has 1 atom stereocenters. The fraction of sp³-hybridized carbons (Fsp3) is 0.346. The van der Waals surface area contributed by atoms with Gasteiger partial charge in [-0.25, -0.2) is 19.5 Å². The Morgan fingerprint density at radius 2 is 1.84 bits per heavy atom. The van der Waals surface area contributed by atoms with E-state index in [9.17, 15) is 9.59 Å². The minimum atomic E-state index is -1.08. The van der Waals surface area contributed by atoms with Crippen LogP contribution in [0, 0.1) is 5.92 Å². The lowest BCUT2D eigenvalue weighted by Crippen LogP contribution is -2.39. The molecule has 0 unspecified atom stereocenters. The number of methoxy groups -OCH3 is 2. The van der Waals surface area contributed by atoms with Gasteiger partial charge in [-0.15, -0.1) is 0 Å². The second-order valence-electron chi connectivity index (χ2n) is 8.63. The number of guanidine groups is 1. The Balaban J connectivity index is 0.000000323. The third-order valence-electron chi connectivity index (χ3n) is 5.18. The third-order valence-corrected chi connectivity index (χ3v) is 5.18. The molecule has 2 aromatic carbocycles. The van der Waals surface area contributed by atoms with Crippen molar-refractivity contribution in [3.63, 3.8) is 0 Å². The maximum absolute atomic E-state index is 12.1. The van der Waals surface area contributed by atoms with E-state index >= 15 is 0 Å². The molecule has 0 saturated heterocycles. The molecule has 3 aromatic rings. The molecular weight excluding hydrogens is 490 g/mol. The number of amides is 1. The number of ether oxygens (including phenoxy) is 2. The number of aromatic nitrogens is 3. The van der Waals surface area contributed by atoms with E-state index in [1.54, 1.807) is 29.2 Å². The van der Waals surface area contributed by atoms with Crippen LogP contribution in [0.5, 0.6) is 11.5 Å². The molecule has 204 valence electrons. The molecule has 12 heteroatoms. The maximum atomic E-state index is 12.1. The standard InChI is InChI=1S/C17H25N3O5.C9H10N4/c1-10(2)7-12(16(22)23)19-17(18)20-15(21)9-11-5-6-13(24-3)14(8-11)25-4;10-5-8-2-1-3-9(4-8)13-7-11-6-12-13/h5-6,8,10,12H,7,9H2,1-4H3,(H,22,23)(H3,18,19,20,21);1-4,6-7H,5,10H2/t12-;/m1./s1. The van der Waals surface area contributed by atoms with Crippen molar-refractivity contribution in [2.24, 2.45) is 22.4 Å². The van der Waals surface area contributed by atoms with Gasteiger partial charge in [-0.1, -0.05) is 32.0 Å². The number of aliphatic imine (C=N–C) groups is 1. The summed E-state index contributed by atoms with van der Waals surface area (Å²) < 4.78 is 12.0. The van der Waals surface area contributed by atoms with E-state index in [0.29, 0.717) is 30.0 Å². The van der Waals surface area contributed by atoms with Crippen LogP contribution in [0.15, 0.2) is 60.1 Å². The quantitative estimate of drug-likeness (QED) is 0.227. The molecule has 1 amide bonds. The highest BCUT2D eigenvalue weighted by atomic mass is 16.5. The molecule has 0 fully saturated rings. The number of nitrogens with one attached hydrogen (secondary N) is 1. The number of hydrogen-bond donors (Lipinski definition) is 4. The minimum absolute atomic E-state index is 0.0402. The van der Waals surface area contributed by atoms with E-state index in [-0.39, 0.29) is 18.3 Å². The Bertz CT molecular complexity index is 1210. The topological polar surface area (TPSA) is 180 Å². The maximum Gasteiger partial charge on any atom is 0.328 e. The van der Waals surface area contributed by atoms with Crippen LogP contribution in [-0.4, -0.2) is 58.0 Å². The summed E-state index contributed by atoms with van der Waals surface area (Å²) in [6.07, 6.45) is 3.55. The molecule has 0 radical (unpaired) electrons. The van der Waals surface area contributed by atoms with Gasteiger partial charge in [0.25, 0.3) is 0 Å². The molecule has 0 spiro atoms. The van der Waals surface area contributed by atoms with E-state index < -0.39 is 17.9 Å². The number of carboxylic acid groups (broad SMARTS) is 1. The van der Waals surface area contributed by atoms with Crippen molar-refractivity contribution in [3.05, 3.63) is 66.2 Å². The van der Waals surface area contributed by atoms with E-state index in [4.69, 9.17) is 26.0 Å². The summed E-state index contributed by atoms with van der Waals surface area (Å²) >= 11 is 0. The van der Waals surface area contributed by atoms with Crippen molar-refractivity contribution < 1.29 is 24.2 Å². The number of aliphatic carboxylic acids is 1. The lowest BCUT2D eigenvalue weighted by molar-refractivity contribution is -0.138. The molecule has 38 heavy (non-hydrogen) atoms. The third kappa shape index (κ3) is 9.54. The molecule has 1 heterocycles. The van der Waals surface area contributed by atoms with Crippen LogP contribution in [0.25, 0.3) is 5.69 Å². The van der Waals surface area contributed by atoms with Crippen molar-refractivity contribution in [1.82, 2.24) is 20.1 Å². The summed E-state index contributed by atoms with van der Waals surface area (Å²) in [5, 5.41) is 15.6. The first-order chi connectivity index (χ1) is 18.2. The molecule has 0 saturated carbocycles. The fourth-order valence-electron chi connectivity index (χ4n) is 3.39. The van der Waals surface area contributed by atoms with Crippen molar-refractivity contribution >= 4 is 17.8 Å². The second-order valence-corrected chi connectivity index (χ2v) is 8.63. The van der Waals surface area contributed by atoms with Gasteiger partial charge in [0.1, 0.15) is 12.7 Å². The van der Waals surface area contributed by atoms with E-state index in [0.717, 1.165) is 11.3 Å². The van der Waals surface area contributed by atoms with Crippen LogP contribution < -0.4 is 26.3 Å². The van der Waals surface area contributed by atoms with Crippen molar-refractivity contribution in [2.45, 2.75) is 39.3 Å². The minimum Gasteiger partial charge on any atom is -0.493 e. The van der Waals surface area contributed by atoms with Gasteiger partial charge in [0.15, 0.2) is 23.5 Å². The molecule has 0 bridgehead atoms. The molecule has 3 rings (SSSR count). The average molecular weight is 526 g/mol. The van der Waals surface area contributed by atoms with E-state index in [2.05, 4.69) is 20.4 Å². The van der Waals surface area contributed by atoms with Crippen LogP contribution >= 0.6 is 0 Å². The largest absolute Gasteiger partial charge is 0.493 e. The van der Waals surface area contributed by atoms with E-state index in [1.807, 2.05) is 38.1 Å². The number of carbonyl (C=O) groups excluding carboxylic acids is 1. The zero-order chi connectivity index (χ0) is 28.1. The van der Waals surface area contributed by atoms with Crippen molar-refractivity contribution in [2.75, 3.05) is 14.2 Å². The van der Waals surface area contributed by atoms with Gasteiger partial charge in [0, 0.05) is 6.54 Å². The normalized spacial score (nSPS) is 11.8. The number of carboxylic acids is 1. The Morgan fingerprint density at radius 1 is 1.11 bits per heavy atom. The Morgan fingerprint density at radius 3 is 2.42 bits per heavy atom. The molecule has 0 aliphatic carbocycles. The smallest absolute Gasteiger partial charge is 0.328 e. The van der Waals surface area contributed by atoms with Gasteiger partial charge in [0.2, 0.25) is 5.91 Å². The summed E-state index contributed by atoms with van der Waals surface area (Å²) in [5.74, 6) is -0.477. The molecule has 1 aromatic heterocycles.